The van der Waals surface area contributed by atoms with Crippen molar-refractivity contribution < 1.29 is 19.8 Å². The van der Waals surface area contributed by atoms with E-state index in [2.05, 4.69) is 4.98 Å². The third-order valence-corrected chi connectivity index (χ3v) is 4.02. The second-order valence-corrected chi connectivity index (χ2v) is 5.95. The van der Waals surface area contributed by atoms with Gasteiger partial charge < -0.3 is 20.0 Å². The number of thiazole rings is 1. The topological polar surface area (TPSA) is 94.0 Å². The first-order valence-electron chi connectivity index (χ1n) is 6.22. The van der Waals surface area contributed by atoms with Crippen molar-refractivity contribution in [3.05, 3.63) is 16.1 Å². The molecular formula is C12H17N3O4S. The lowest BCUT2D eigenvalue weighted by atomic mass is 10.2. The maximum atomic E-state index is 12.3. The molecule has 0 spiro atoms. The summed E-state index contributed by atoms with van der Waals surface area (Å²) >= 11 is 1.50. The number of β-amino-alcohol motifs (C(OH)–C–C–N with tert-alkyl or cyclic N) is 1. The number of carbonyl (C=O) groups is 2. The number of aryl methyl sites for hydroxylation is 1. The van der Waals surface area contributed by atoms with Crippen LogP contribution in [0.1, 0.15) is 17.1 Å². The molecule has 2 rings (SSSR count). The van der Waals surface area contributed by atoms with Gasteiger partial charge in [0.25, 0.3) is 0 Å². The molecule has 110 valence electrons. The Kier molecular flexibility index (Phi) is 4.24. The molecule has 2 atom stereocenters. The summed E-state index contributed by atoms with van der Waals surface area (Å²) in [6.07, 6.45) is -0.708. The number of aliphatic carboxylic acids is 1. The van der Waals surface area contributed by atoms with Gasteiger partial charge in [-0.2, -0.15) is 0 Å². The van der Waals surface area contributed by atoms with Crippen LogP contribution < -0.4 is 0 Å². The van der Waals surface area contributed by atoms with E-state index in [9.17, 15) is 14.7 Å². The van der Waals surface area contributed by atoms with Gasteiger partial charge in [0.1, 0.15) is 6.04 Å². The molecule has 0 radical (unpaired) electrons. The second kappa shape index (κ2) is 5.76. The Labute approximate surface area is 120 Å². The standard InChI is InChI=1S/C12H17N3O4S/c1-7-13-8(6-20-7)4-14(2)12(19)15-5-9(16)3-10(15)11(17)18/h6,9-10,16H,3-5H2,1-2H3,(H,17,18)/t9?,10-/m0/s1. The van der Waals surface area contributed by atoms with Gasteiger partial charge in [0, 0.05) is 25.4 Å². The van der Waals surface area contributed by atoms with Gasteiger partial charge in [-0.25, -0.2) is 14.6 Å². The Morgan fingerprint density at radius 2 is 2.30 bits per heavy atom. The fourth-order valence-electron chi connectivity index (χ4n) is 2.27. The highest BCUT2D eigenvalue weighted by molar-refractivity contribution is 7.09. The number of carboxylic acids is 1. The first-order valence-corrected chi connectivity index (χ1v) is 7.10. The first kappa shape index (κ1) is 14.7. The summed E-state index contributed by atoms with van der Waals surface area (Å²) in [7, 11) is 1.60. The van der Waals surface area contributed by atoms with Crippen LogP contribution in [0.5, 0.6) is 0 Å². The van der Waals surface area contributed by atoms with E-state index in [1.165, 1.54) is 21.1 Å². The number of hydrogen-bond donors (Lipinski definition) is 2. The van der Waals surface area contributed by atoms with Crippen LogP contribution >= 0.6 is 11.3 Å². The summed E-state index contributed by atoms with van der Waals surface area (Å²) in [4.78, 5) is 30.3. The molecule has 0 aliphatic carbocycles. The molecule has 2 heterocycles. The number of aliphatic hydroxyl groups excluding tert-OH is 1. The number of likely N-dealkylation sites (tertiary alicyclic amines) is 1. The van der Waals surface area contributed by atoms with E-state index in [0.29, 0.717) is 6.54 Å². The maximum absolute atomic E-state index is 12.3. The van der Waals surface area contributed by atoms with Crippen molar-refractivity contribution in [2.45, 2.75) is 32.0 Å². The van der Waals surface area contributed by atoms with E-state index < -0.39 is 24.1 Å². The van der Waals surface area contributed by atoms with Gasteiger partial charge in [-0.05, 0) is 6.92 Å². The molecule has 1 aromatic rings. The third-order valence-electron chi connectivity index (χ3n) is 3.20. The number of rotatable bonds is 3. The molecule has 8 heteroatoms. The SMILES string of the molecule is Cc1nc(CN(C)C(=O)N2CC(O)C[C@H]2C(=O)O)cs1. The monoisotopic (exact) mass is 299 g/mol. The zero-order valence-corrected chi connectivity index (χ0v) is 12.1. The van der Waals surface area contributed by atoms with Gasteiger partial charge in [-0.15, -0.1) is 11.3 Å². The number of aliphatic hydroxyl groups is 1. The third kappa shape index (κ3) is 3.07. The molecule has 1 aliphatic heterocycles. The largest absolute Gasteiger partial charge is 0.480 e. The lowest BCUT2D eigenvalue weighted by Gasteiger charge is -2.27. The normalized spacial score (nSPS) is 22.1. The number of amides is 2. The summed E-state index contributed by atoms with van der Waals surface area (Å²) in [6.45, 7) is 2.26. The molecule has 7 nitrogen and oxygen atoms in total. The minimum Gasteiger partial charge on any atom is -0.480 e. The quantitative estimate of drug-likeness (QED) is 0.849. The van der Waals surface area contributed by atoms with Crippen molar-refractivity contribution in [3.8, 4) is 0 Å². The van der Waals surface area contributed by atoms with E-state index in [1.807, 2.05) is 12.3 Å². The Morgan fingerprint density at radius 1 is 1.60 bits per heavy atom. The minimum absolute atomic E-state index is 0.0518. The predicted octanol–water partition coefficient (Wildman–Crippen LogP) is 0.523. The number of carboxylic acid groups (broad SMARTS) is 1. The van der Waals surface area contributed by atoms with Crippen LogP contribution in [0, 0.1) is 6.92 Å². The van der Waals surface area contributed by atoms with Crippen LogP contribution in [0.3, 0.4) is 0 Å². The molecule has 1 aromatic heterocycles. The average Bonchev–Trinajstić information content (AvgIpc) is 2.94. The van der Waals surface area contributed by atoms with E-state index in [4.69, 9.17) is 5.11 Å². The molecular weight excluding hydrogens is 282 g/mol. The molecule has 0 aromatic carbocycles. The number of nitrogens with zero attached hydrogens (tertiary/aromatic N) is 3. The van der Waals surface area contributed by atoms with Crippen molar-refractivity contribution in [1.29, 1.82) is 0 Å². The van der Waals surface area contributed by atoms with Gasteiger partial charge in [0.15, 0.2) is 0 Å². The van der Waals surface area contributed by atoms with E-state index in [-0.39, 0.29) is 13.0 Å². The van der Waals surface area contributed by atoms with Crippen molar-refractivity contribution in [3.63, 3.8) is 0 Å². The van der Waals surface area contributed by atoms with Gasteiger partial charge in [0.2, 0.25) is 0 Å². The van der Waals surface area contributed by atoms with E-state index >= 15 is 0 Å². The van der Waals surface area contributed by atoms with Crippen LogP contribution in [-0.4, -0.2) is 62.7 Å². The van der Waals surface area contributed by atoms with E-state index in [1.54, 1.807) is 7.05 Å². The minimum atomic E-state index is -1.09. The molecule has 1 unspecified atom stereocenters. The highest BCUT2D eigenvalue weighted by atomic mass is 32.1. The summed E-state index contributed by atoms with van der Waals surface area (Å²) in [5.41, 5.74) is 0.773. The Balaban J connectivity index is 2.04. The summed E-state index contributed by atoms with van der Waals surface area (Å²) in [5.74, 6) is -1.09. The summed E-state index contributed by atoms with van der Waals surface area (Å²) in [6, 6.07) is -1.36. The van der Waals surface area contributed by atoms with Crippen LogP contribution in [0.2, 0.25) is 0 Å². The Hall–Kier alpha value is -1.67. The van der Waals surface area contributed by atoms with Crippen molar-refractivity contribution in [2.24, 2.45) is 0 Å². The Morgan fingerprint density at radius 3 is 2.85 bits per heavy atom. The average molecular weight is 299 g/mol. The van der Waals surface area contributed by atoms with Gasteiger partial charge in [0.05, 0.1) is 23.4 Å². The van der Waals surface area contributed by atoms with Crippen LogP contribution in [0.15, 0.2) is 5.38 Å². The number of hydrogen-bond acceptors (Lipinski definition) is 5. The zero-order valence-electron chi connectivity index (χ0n) is 11.3. The summed E-state index contributed by atoms with van der Waals surface area (Å²) < 4.78 is 0. The van der Waals surface area contributed by atoms with Crippen LogP contribution in [-0.2, 0) is 11.3 Å². The number of aromatic nitrogens is 1. The highest BCUT2D eigenvalue weighted by Gasteiger charge is 2.40. The van der Waals surface area contributed by atoms with Gasteiger partial charge in [-0.1, -0.05) is 0 Å². The zero-order chi connectivity index (χ0) is 14.9. The number of carbonyl (C=O) groups excluding carboxylic acids is 1. The van der Waals surface area contributed by atoms with Crippen LogP contribution in [0.25, 0.3) is 0 Å². The van der Waals surface area contributed by atoms with Crippen molar-refractivity contribution in [2.75, 3.05) is 13.6 Å². The van der Waals surface area contributed by atoms with Crippen LogP contribution in [0.4, 0.5) is 4.79 Å². The molecule has 2 amide bonds. The highest BCUT2D eigenvalue weighted by Crippen LogP contribution is 2.20. The smallest absolute Gasteiger partial charge is 0.326 e. The molecule has 0 bridgehead atoms. The maximum Gasteiger partial charge on any atom is 0.326 e. The molecule has 1 aliphatic rings. The fourth-order valence-corrected chi connectivity index (χ4v) is 2.87. The molecule has 1 saturated heterocycles. The van der Waals surface area contributed by atoms with Crippen molar-refractivity contribution in [1.82, 2.24) is 14.8 Å². The molecule has 2 N–H and O–H groups in total. The molecule has 0 saturated carbocycles. The van der Waals surface area contributed by atoms with Gasteiger partial charge >= 0.3 is 12.0 Å². The molecule has 1 fully saturated rings. The lowest BCUT2D eigenvalue weighted by molar-refractivity contribution is -0.141. The number of urea groups is 1. The van der Waals surface area contributed by atoms with Gasteiger partial charge in [-0.3, -0.25) is 0 Å². The van der Waals surface area contributed by atoms with E-state index in [0.717, 1.165) is 10.7 Å². The van der Waals surface area contributed by atoms with Crippen molar-refractivity contribution >= 4 is 23.3 Å². The predicted molar refractivity (Wildman–Crippen MR) is 72.5 cm³/mol. The second-order valence-electron chi connectivity index (χ2n) is 4.89. The Bertz CT molecular complexity index is 519. The fraction of sp³-hybridized carbons (Fsp3) is 0.583. The lowest BCUT2D eigenvalue weighted by Crippen LogP contribution is -2.46. The molecule has 20 heavy (non-hydrogen) atoms. The first-order chi connectivity index (χ1) is 9.38. The summed E-state index contributed by atoms with van der Waals surface area (Å²) in [5, 5.41) is 21.4.